The van der Waals surface area contributed by atoms with Crippen LogP contribution in [0.2, 0.25) is 0 Å². The number of fused-ring (bicyclic) bond motifs is 1. The molecule has 104 valence electrons. The summed E-state index contributed by atoms with van der Waals surface area (Å²) in [7, 11) is 0. The van der Waals surface area contributed by atoms with E-state index in [0.29, 0.717) is 22.6 Å². The number of amides is 2. The van der Waals surface area contributed by atoms with Crippen LogP contribution in [0.4, 0.5) is 5.69 Å². The standard InChI is InChI=1S/C15H12N4O2/c16-14(20)10-4-3-5-11(8-10)18-15(21)12-9-17-13-6-1-2-7-19(12)13/h1-9H,(H2,16,20)(H,18,21). The lowest BCUT2D eigenvalue weighted by molar-refractivity contribution is 0.0995. The number of hydrogen-bond acceptors (Lipinski definition) is 3. The Kier molecular flexibility index (Phi) is 3.12. The summed E-state index contributed by atoms with van der Waals surface area (Å²) >= 11 is 0. The normalized spacial score (nSPS) is 10.5. The Hall–Kier alpha value is -3.15. The number of imidazole rings is 1. The van der Waals surface area contributed by atoms with Crippen LogP contribution in [0.15, 0.2) is 54.9 Å². The van der Waals surface area contributed by atoms with E-state index in [1.165, 1.54) is 12.3 Å². The van der Waals surface area contributed by atoms with Crippen LogP contribution in [0.1, 0.15) is 20.8 Å². The van der Waals surface area contributed by atoms with Gasteiger partial charge in [0.15, 0.2) is 0 Å². The number of nitrogens with zero attached hydrogens (tertiary/aromatic N) is 2. The van der Waals surface area contributed by atoms with Crippen LogP contribution in [0.3, 0.4) is 0 Å². The van der Waals surface area contributed by atoms with Crippen LogP contribution < -0.4 is 11.1 Å². The predicted octanol–water partition coefficient (Wildman–Crippen LogP) is 1.69. The minimum atomic E-state index is -0.541. The van der Waals surface area contributed by atoms with Crippen molar-refractivity contribution >= 4 is 23.1 Å². The maximum absolute atomic E-state index is 12.3. The third kappa shape index (κ3) is 2.46. The van der Waals surface area contributed by atoms with E-state index < -0.39 is 5.91 Å². The van der Waals surface area contributed by atoms with Crippen LogP contribution in [0.5, 0.6) is 0 Å². The van der Waals surface area contributed by atoms with Gasteiger partial charge in [-0.1, -0.05) is 12.1 Å². The summed E-state index contributed by atoms with van der Waals surface area (Å²) in [6.45, 7) is 0. The molecule has 3 rings (SSSR count). The van der Waals surface area contributed by atoms with E-state index in [-0.39, 0.29) is 5.91 Å². The fourth-order valence-corrected chi connectivity index (χ4v) is 2.05. The van der Waals surface area contributed by atoms with Gasteiger partial charge < -0.3 is 11.1 Å². The third-order valence-electron chi connectivity index (χ3n) is 3.05. The average molecular weight is 280 g/mol. The molecule has 0 fully saturated rings. The number of hydrogen-bond donors (Lipinski definition) is 2. The van der Waals surface area contributed by atoms with Crippen LogP contribution in [-0.4, -0.2) is 21.2 Å². The zero-order valence-electron chi connectivity index (χ0n) is 11.0. The van der Waals surface area contributed by atoms with Crippen molar-refractivity contribution in [3.63, 3.8) is 0 Å². The zero-order chi connectivity index (χ0) is 14.8. The number of pyridine rings is 1. The molecule has 0 aliphatic heterocycles. The van der Waals surface area contributed by atoms with Crippen molar-refractivity contribution in [3.8, 4) is 0 Å². The van der Waals surface area contributed by atoms with Crippen LogP contribution >= 0.6 is 0 Å². The third-order valence-corrected chi connectivity index (χ3v) is 3.05. The van der Waals surface area contributed by atoms with Crippen molar-refractivity contribution in [2.75, 3.05) is 5.32 Å². The molecule has 0 aliphatic rings. The Morgan fingerprint density at radius 2 is 2.00 bits per heavy atom. The smallest absolute Gasteiger partial charge is 0.274 e. The first-order valence-electron chi connectivity index (χ1n) is 6.28. The van der Waals surface area contributed by atoms with Crippen molar-refractivity contribution < 1.29 is 9.59 Å². The summed E-state index contributed by atoms with van der Waals surface area (Å²) in [4.78, 5) is 27.6. The van der Waals surface area contributed by atoms with E-state index >= 15 is 0 Å². The molecule has 2 heterocycles. The highest BCUT2D eigenvalue weighted by Crippen LogP contribution is 2.13. The molecule has 3 N–H and O–H groups in total. The first-order valence-corrected chi connectivity index (χ1v) is 6.28. The molecule has 0 saturated carbocycles. The number of nitrogens with two attached hydrogens (primary N) is 1. The molecular weight excluding hydrogens is 268 g/mol. The number of carbonyl (C=O) groups is 2. The quantitative estimate of drug-likeness (QED) is 0.765. The highest BCUT2D eigenvalue weighted by molar-refractivity contribution is 6.04. The number of benzene rings is 1. The highest BCUT2D eigenvalue weighted by Gasteiger charge is 2.12. The van der Waals surface area contributed by atoms with Crippen LogP contribution in [0, 0.1) is 0 Å². The molecule has 0 bridgehead atoms. The van der Waals surface area contributed by atoms with Gasteiger partial charge in [-0.25, -0.2) is 4.98 Å². The van der Waals surface area contributed by atoms with Gasteiger partial charge in [0.05, 0.1) is 6.20 Å². The number of nitrogens with one attached hydrogen (secondary N) is 1. The molecule has 2 amide bonds. The first kappa shape index (κ1) is 12.9. The number of carbonyl (C=O) groups excluding carboxylic acids is 2. The van der Waals surface area contributed by atoms with Crippen LogP contribution in [-0.2, 0) is 0 Å². The first-order chi connectivity index (χ1) is 10.1. The fourth-order valence-electron chi connectivity index (χ4n) is 2.05. The van der Waals surface area contributed by atoms with Crippen LogP contribution in [0.25, 0.3) is 5.65 Å². The Labute approximate surface area is 120 Å². The minimum Gasteiger partial charge on any atom is -0.366 e. The highest BCUT2D eigenvalue weighted by atomic mass is 16.2. The second-order valence-corrected chi connectivity index (χ2v) is 4.47. The maximum atomic E-state index is 12.3. The average Bonchev–Trinajstić information content (AvgIpc) is 2.91. The molecular formula is C15H12N4O2. The molecule has 0 radical (unpaired) electrons. The number of primary amides is 1. The van der Waals surface area contributed by atoms with E-state index in [0.717, 1.165) is 0 Å². The molecule has 6 heteroatoms. The Morgan fingerprint density at radius 3 is 2.81 bits per heavy atom. The monoisotopic (exact) mass is 280 g/mol. The van der Waals surface area contributed by atoms with Gasteiger partial charge in [-0.3, -0.25) is 14.0 Å². The van der Waals surface area contributed by atoms with Gasteiger partial charge in [0, 0.05) is 17.4 Å². The van der Waals surface area contributed by atoms with Gasteiger partial charge >= 0.3 is 0 Å². The van der Waals surface area contributed by atoms with Crippen molar-refractivity contribution in [2.24, 2.45) is 5.73 Å². The Bertz CT molecular complexity index is 838. The molecule has 0 unspecified atom stereocenters. The van der Waals surface area contributed by atoms with Gasteiger partial charge in [0.2, 0.25) is 5.91 Å². The van der Waals surface area contributed by atoms with E-state index in [1.807, 2.05) is 18.2 Å². The second kappa shape index (κ2) is 5.09. The zero-order valence-corrected chi connectivity index (χ0v) is 11.0. The summed E-state index contributed by atoms with van der Waals surface area (Å²) < 4.78 is 1.69. The minimum absolute atomic E-state index is 0.310. The maximum Gasteiger partial charge on any atom is 0.274 e. The summed E-state index contributed by atoms with van der Waals surface area (Å²) in [5.74, 6) is -0.851. The SMILES string of the molecule is NC(=O)c1cccc(NC(=O)c2cnc3ccccn23)c1. The summed E-state index contributed by atoms with van der Waals surface area (Å²) in [5.41, 5.74) is 7.16. The van der Waals surface area contributed by atoms with E-state index in [1.54, 1.807) is 28.8 Å². The van der Waals surface area contributed by atoms with E-state index in [9.17, 15) is 9.59 Å². The molecule has 6 nitrogen and oxygen atoms in total. The van der Waals surface area contributed by atoms with Gasteiger partial charge in [0.25, 0.3) is 5.91 Å². The lowest BCUT2D eigenvalue weighted by atomic mass is 10.2. The van der Waals surface area contributed by atoms with Gasteiger partial charge in [-0.2, -0.15) is 0 Å². The van der Waals surface area contributed by atoms with E-state index in [4.69, 9.17) is 5.73 Å². The molecule has 21 heavy (non-hydrogen) atoms. The summed E-state index contributed by atoms with van der Waals surface area (Å²) in [6.07, 6.45) is 3.26. The second-order valence-electron chi connectivity index (χ2n) is 4.47. The Morgan fingerprint density at radius 1 is 1.14 bits per heavy atom. The van der Waals surface area contributed by atoms with Crippen molar-refractivity contribution in [2.45, 2.75) is 0 Å². The van der Waals surface area contributed by atoms with Gasteiger partial charge in [-0.05, 0) is 30.3 Å². The molecule has 0 aliphatic carbocycles. The fraction of sp³-hybridized carbons (Fsp3) is 0. The lowest BCUT2D eigenvalue weighted by Gasteiger charge is -2.06. The molecule has 0 spiro atoms. The lowest BCUT2D eigenvalue weighted by Crippen LogP contribution is -2.15. The summed E-state index contributed by atoms with van der Waals surface area (Å²) in [5, 5.41) is 2.72. The number of aromatic nitrogens is 2. The Balaban J connectivity index is 1.90. The largest absolute Gasteiger partial charge is 0.366 e. The predicted molar refractivity (Wildman–Crippen MR) is 78.1 cm³/mol. The number of rotatable bonds is 3. The van der Waals surface area contributed by atoms with Crippen molar-refractivity contribution in [3.05, 3.63) is 66.1 Å². The van der Waals surface area contributed by atoms with Crippen molar-refractivity contribution in [1.82, 2.24) is 9.38 Å². The molecule has 0 atom stereocenters. The molecule has 1 aromatic carbocycles. The van der Waals surface area contributed by atoms with E-state index in [2.05, 4.69) is 10.3 Å². The number of anilines is 1. The molecule has 2 aromatic heterocycles. The summed E-state index contributed by atoms with van der Waals surface area (Å²) in [6, 6.07) is 11.9. The topological polar surface area (TPSA) is 89.5 Å². The van der Waals surface area contributed by atoms with Gasteiger partial charge in [-0.15, -0.1) is 0 Å². The molecule has 3 aromatic rings. The van der Waals surface area contributed by atoms with Gasteiger partial charge in [0.1, 0.15) is 11.3 Å². The van der Waals surface area contributed by atoms with Crippen molar-refractivity contribution in [1.29, 1.82) is 0 Å². The molecule has 0 saturated heterocycles.